The average molecular weight is 493 g/mol. The van der Waals surface area contributed by atoms with Crippen molar-refractivity contribution >= 4 is 51.1 Å². The molecule has 1 unspecified atom stereocenters. The third-order valence-electron chi connectivity index (χ3n) is 4.78. The predicted octanol–water partition coefficient (Wildman–Crippen LogP) is 2.54. The molecule has 3 heterocycles. The molecule has 2 aliphatic rings. The second kappa shape index (κ2) is 8.83. The number of thioether (sulfide) groups is 1. The van der Waals surface area contributed by atoms with E-state index in [1.54, 1.807) is 22.9 Å². The minimum absolute atomic E-state index is 0.000610. The number of pyridine rings is 1. The van der Waals surface area contributed by atoms with Gasteiger partial charge < -0.3 is 10.1 Å². The number of methoxy groups -OCH3 is 1. The summed E-state index contributed by atoms with van der Waals surface area (Å²) in [5.74, 6) is -0.522. The maximum absolute atomic E-state index is 13.2. The summed E-state index contributed by atoms with van der Waals surface area (Å²) in [6, 6.07) is 6.49. The lowest BCUT2D eigenvalue weighted by atomic mass is 9.98. The summed E-state index contributed by atoms with van der Waals surface area (Å²) < 4.78 is 44.1. The van der Waals surface area contributed by atoms with Crippen LogP contribution in [0.4, 0.5) is 20.7 Å². The number of carbonyl (C=O) groups excluding carboxylic acids is 3. The van der Waals surface area contributed by atoms with Gasteiger partial charge in [0.25, 0.3) is 15.9 Å². The Bertz CT molecular complexity index is 1280. The molecule has 1 atom stereocenters. The predicted molar refractivity (Wildman–Crippen MR) is 119 cm³/mol. The first kappa shape index (κ1) is 22.7. The minimum Gasteiger partial charge on any atom is -0.497 e. The van der Waals surface area contributed by atoms with Gasteiger partial charge >= 0.3 is 6.03 Å². The number of imide groups is 1. The standard InChI is InChI=1S/C20H17FN4O6S2/c1-31-13-4-2-11-8-17(26)25(19(27)14(11)9-13)16-6-3-12(10-22-16)23-20(28)24-33(29,30)18-7-5-15(21)32-18/h2-4,6-7,9-10,15H,5,8H2,1H3,(H2,23,24,28). The van der Waals surface area contributed by atoms with Crippen LogP contribution in [0.15, 0.2) is 46.8 Å². The van der Waals surface area contributed by atoms with Crippen molar-refractivity contribution in [3.8, 4) is 5.75 Å². The molecule has 172 valence electrons. The fraction of sp³-hybridized carbons (Fsp3) is 0.200. The van der Waals surface area contributed by atoms with Gasteiger partial charge in [0, 0.05) is 12.0 Å². The summed E-state index contributed by atoms with van der Waals surface area (Å²) in [5, 5.41) is 2.29. The number of allylic oxidation sites excluding steroid dienone is 1. The van der Waals surface area contributed by atoms with Crippen molar-refractivity contribution in [3.63, 3.8) is 0 Å². The van der Waals surface area contributed by atoms with Gasteiger partial charge in [0.1, 0.15) is 15.8 Å². The number of benzene rings is 1. The van der Waals surface area contributed by atoms with Crippen LogP contribution in [0.2, 0.25) is 0 Å². The summed E-state index contributed by atoms with van der Waals surface area (Å²) in [5.41, 5.74) is -0.364. The molecule has 0 saturated carbocycles. The van der Waals surface area contributed by atoms with E-state index in [0.29, 0.717) is 28.6 Å². The number of alkyl halides is 1. The van der Waals surface area contributed by atoms with Crippen LogP contribution < -0.4 is 19.7 Å². The molecule has 1 aromatic heterocycles. The van der Waals surface area contributed by atoms with E-state index in [-0.39, 0.29) is 28.6 Å². The number of halogens is 1. The summed E-state index contributed by atoms with van der Waals surface area (Å²) in [6.07, 6.45) is 2.31. The third-order valence-corrected chi connectivity index (χ3v) is 7.73. The molecule has 0 fully saturated rings. The molecule has 0 radical (unpaired) electrons. The van der Waals surface area contributed by atoms with Crippen molar-refractivity contribution in [2.24, 2.45) is 0 Å². The van der Waals surface area contributed by atoms with E-state index < -0.39 is 33.4 Å². The smallest absolute Gasteiger partial charge is 0.333 e. The third kappa shape index (κ3) is 4.68. The monoisotopic (exact) mass is 492 g/mol. The van der Waals surface area contributed by atoms with Crippen molar-refractivity contribution in [2.75, 3.05) is 17.3 Å². The lowest BCUT2D eigenvalue weighted by Gasteiger charge is -2.26. The number of aromatic nitrogens is 1. The van der Waals surface area contributed by atoms with Gasteiger partial charge in [0.15, 0.2) is 5.50 Å². The van der Waals surface area contributed by atoms with E-state index in [1.807, 2.05) is 0 Å². The number of amides is 4. The minimum atomic E-state index is -4.19. The second-order valence-corrected chi connectivity index (χ2v) is 10.1. The number of hydrogen-bond acceptors (Lipinski definition) is 8. The number of hydrogen-bond donors (Lipinski definition) is 2. The maximum Gasteiger partial charge on any atom is 0.333 e. The lowest BCUT2D eigenvalue weighted by molar-refractivity contribution is -0.117. The molecule has 2 aromatic rings. The van der Waals surface area contributed by atoms with E-state index in [9.17, 15) is 27.2 Å². The van der Waals surface area contributed by atoms with Crippen molar-refractivity contribution < 1.29 is 31.9 Å². The van der Waals surface area contributed by atoms with Crippen molar-refractivity contribution in [3.05, 3.63) is 58.0 Å². The van der Waals surface area contributed by atoms with Crippen LogP contribution in [-0.4, -0.2) is 43.9 Å². The second-order valence-electron chi connectivity index (χ2n) is 6.99. The Balaban J connectivity index is 1.46. The quantitative estimate of drug-likeness (QED) is 0.608. The fourth-order valence-electron chi connectivity index (χ4n) is 3.25. The van der Waals surface area contributed by atoms with E-state index in [4.69, 9.17) is 4.74 Å². The van der Waals surface area contributed by atoms with E-state index >= 15 is 0 Å². The summed E-state index contributed by atoms with van der Waals surface area (Å²) in [7, 11) is -2.73. The zero-order valence-electron chi connectivity index (χ0n) is 17.1. The first-order valence-electron chi connectivity index (χ1n) is 9.53. The molecule has 33 heavy (non-hydrogen) atoms. The molecule has 2 aliphatic heterocycles. The zero-order chi connectivity index (χ0) is 23.8. The number of carbonyl (C=O) groups is 3. The summed E-state index contributed by atoms with van der Waals surface area (Å²) in [6.45, 7) is 0. The Kier molecular flexibility index (Phi) is 6.08. The van der Waals surface area contributed by atoms with Gasteiger partial charge in [-0.05, 0) is 29.8 Å². The van der Waals surface area contributed by atoms with Crippen LogP contribution in [0, 0.1) is 0 Å². The highest BCUT2D eigenvalue weighted by Gasteiger charge is 2.33. The van der Waals surface area contributed by atoms with Crippen LogP contribution in [0.3, 0.4) is 0 Å². The van der Waals surface area contributed by atoms with Crippen LogP contribution >= 0.6 is 11.8 Å². The van der Waals surface area contributed by atoms with Gasteiger partial charge in [0.05, 0.1) is 25.4 Å². The molecule has 0 bridgehead atoms. The Labute approximate surface area is 192 Å². The zero-order valence-corrected chi connectivity index (χ0v) is 18.7. The van der Waals surface area contributed by atoms with Gasteiger partial charge in [-0.15, -0.1) is 0 Å². The number of urea groups is 1. The Hall–Kier alpha value is -3.45. The average Bonchev–Trinajstić information content (AvgIpc) is 3.22. The number of fused-ring (bicyclic) bond motifs is 1. The molecule has 4 rings (SSSR count). The first-order chi connectivity index (χ1) is 15.7. The normalized spacial score (nSPS) is 17.9. The topological polar surface area (TPSA) is 135 Å². The number of anilines is 2. The highest BCUT2D eigenvalue weighted by Crippen LogP contribution is 2.36. The molecular formula is C20H17FN4O6S2. The molecule has 13 heteroatoms. The molecule has 0 saturated heterocycles. The first-order valence-corrected chi connectivity index (χ1v) is 11.9. The molecule has 1 aromatic carbocycles. The Morgan fingerprint density at radius 3 is 2.70 bits per heavy atom. The number of sulfonamides is 1. The largest absolute Gasteiger partial charge is 0.497 e. The Morgan fingerprint density at radius 1 is 1.27 bits per heavy atom. The fourth-order valence-corrected chi connectivity index (χ4v) is 5.54. The number of rotatable bonds is 5. The van der Waals surface area contributed by atoms with Crippen LogP contribution in [0.1, 0.15) is 22.3 Å². The molecule has 10 nitrogen and oxygen atoms in total. The van der Waals surface area contributed by atoms with E-state index in [1.165, 1.54) is 31.5 Å². The highest BCUT2D eigenvalue weighted by atomic mass is 32.3. The van der Waals surface area contributed by atoms with E-state index in [2.05, 4.69) is 10.3 Å². The highest BCUT2D eigenvalue weighted by molar-refractivity contribution is 8.18. The number of nitrogens with zero attached hydrogens (tertiary/aromatic N) is 2. The van der Waals surface area contributed by atoms with E-state index in [0.717, 1.165) is 4.90 Å². The van der Waals surface area contributed by atoms with Gasteiger partial charge in [-0.1, -0.05) is 23.9 Å². The molecule has 2 N–H and O–H groups in total. The van der Waals surface area contributed by atoms with Crippen molar-refractivity contribution in [1.82, 2.24) is 9.71 Å². The van der Waals surface area contributed by atoms with Gasteiger partial charge in [-0.3, -0.25) is 9.59 Å². The SMILES string of the molecule is COc1ccc2c(c1)C(=O)N(c1ccc(NC(=O)NS(=O)(=O)C3=CCC(F)S3)cn1)C(=O)C2. The molecular weight excluding hydrogens is 475 g/mol. The number of nitrogens with one attached hydrogen (secondary N) is 2. The molecule has 4 amide bonds. The summed E-state index contributed by atoms with van der Waals surface area (Å²) >= 11 is 0.511. The van der Waals surface area contributed by atoms with Crippen molar-refractivity contribution in [2.45, 2.75) is 18.3 Å². The molecule has 0 aliphatic carbocycles. The van der Waals surface area contributed by atoms with Gasteiger partial charge in [-0.2, -0.15) is 0 Å². The van der Waals surface area contributed by atoms with Crippen LogP contribution in [0.25, 0.3) is 0 Å². The van der Waals surface area contributed by atoms with Gasteiger partial charge in [-0.25, -0.2) is 32.2 Å². The van der Waals surface area contributed by atoms with Crippen molar-refractivity contribution in [1.29, 1.82) is 0 Å². The van der Waals surface area contributed by atoms with Gasteiger partial charge in [0.2, 0.25) is 5.91 Å². The number of ether oxygens (including phenoxy) is 1. The maximum atomic E-state index is 13.2. The lowest BCUT2D eigenvalue weighted by Crippen LogP contribution is -2.43. The Morgan fingerprint density at radius 2 is 2.06 bits per heavy atom. The summed E-state index contributed by atoms with van der Waals surface area (Å²) in [4.78, 5) is 42.5. The van der Waals surface area contributed by atoms with Crippen LogP contribution in [0.5, 0.6) is 5.75 Å². The molecule has 0 spiro atoms. The van der Waals surface area contributed by atoms with Crippen LogP contribution in [-0.2, 0) is 21.2 Å².